The highest BCUT2D eigenvalue weighted by Gasteiger charge is 2.13. The zero-order valence-corrected chi connectivity index (χ0v) is 17.6. The van der Waals surface area contributed by atoms with E-state index in [1.165, 1.54) is 0 Å². The fourth-order valence-corrected chi connectivity index (χ4v) is 3.63. The van der Waals surface area contributed by atoms with Crippen molar-refractivity contribution in [2.24, 2.45) is 0 Å². The van der Waals surface area contributed by atoms with E-state index in [0.29, 0.717) is 30.5 Å². The fourth-order valence-electron chi connectivity index (χ4n) is 2.85. The zero-order chi connectivity index (χ0) is 20.6. The summed E-state index contributed by atoms with van der Waals surface area (Å²) in [5, 5.41) is 4.08. The second-order valence-corrected chi connectivity index (χ2v) is 7.90. The fraction of sp³-hybridized carbons (Fsp3) is 0.261. The van der Waals surface area contributed by atoms with Gasteiger partial charge < -0.3 is 13.7 Å². The second-order valence-electron chi connectivity index (χ2n) is 6.80. The molecular weight excluding hydrogens is 398 g/mol. The number of aromatic nitrogens is 3. The van der Waals surface area contributed by atoms with E-state index in [1.807, 2.05) is 60.3 Å². The van der Waals surface area contributed by atoms with Gasteiger partial charge in [-0.3, -0.25) is 4.98 Å². The smallest absolute Gasteiger partial charge is 0.293 e. The van der Waals surface area contributed by atoms with Crippen molar-refractivity contribution in [2.45, 2.75) is 32.1 Å². The Kier molecular flexibility index (Phi) is 6.82. The van der Waals surface area contributed by atoms with Crippen molar-refractivity contribution in [1.82, 2.24) is 15.1 Å². The summed E-state index contributed by atoms with van der Waals surface area (Å²) in [6, 6.07) is 15.6. The Balaban J connectivity index is 1.32. The van der Waals surface area contributed by atoms with Crippen LogP contribution in [-0.2, 0) is 18.8 Å². The SMILES string of the molecule is CCCSCc1ccc(-c2nc(Cc3ccc(OCc4ccncc4)cc3)no2)o1. The average molecular weight is 422 g/mol. The summed E-state index contributed by atoms with van der Waals surface area (Å²) < 4.78 is 17.0. The molecule has 30 heavy (non-hydrogen) atoms. The Morgan fingerprint density at radius 3 is 2.60 bits per heavy atom. The van der Waals surface area contributed by atoms with Crippen LogP contribution in [0.25, 0.3) is 11.7 Å². The quantitative estimate of drug-likeness (QED) is 0.311. The summed E-state index contributed by atoms with van der Waals surface area (Å²) in [6.07, 6.45) is 5.25. The Bertz CT molecular complexity index is 1050. The second kappa shape index (κ2) is 10.1. The summed E-state index contributed by atoms with van der Waals surface area (Å²) in [7, 11) is 0. The first-order chi connectivity index (χ1) is 14.8. The molecule has 0 aliphatic heterocycles. The van der Waals surface area contributed by atoms with E-state index >= 15 is 0 Å². The number of rotatable bonds is 10. The first-order valence-electron chi connectivity index (χ1n) is 9.90. The predicted molar refractivity (Wildman–Crippen MR) is 116 cm³/mol. The van der Waals surface area contributed by atoms with E-state index in [-0.39, 0.29) is 0 Å². The van der Waals surface area contributed by atoms with Crippen LogP contribution < -0.4 is 4.74 Å². The minimum atomic E-state index is 0.411. The Hall–Kier alpha value is -3.06. The van der Waals surface area contributed by atoms with Gasteiger partial charge in [-0.05, 0) is 59.7 Å². The molecule has 0 saturated carbocycles. The van der Waals surface area contributed by atoms with Crippen LogP contribution in [0.1, 0.15) is 36.1 Å². The highest BCUT2D eigenvalue weighted by molar-refractivity contribution is 7.98. The molecule has 0 saturated heterocycles. The van der Waals surface area contributed by atoms with E-state index in [4.69, 9.17) is 13.7 Å². The predicted octanol–water partition coefficient (Wildman–Crippen LogP) is 5.54. The third kappa shape index (κ3) is 5.51. The standard InChI is InChI=1S/C23H23N3O3S/c1-2-13-30-16-20-7-8-21(28-20)23-25-22(26-29-23)14-17-3-5-19(6-4-17)27-15-18-9-11-24-12-10-18/h3-12H,2,13-16H2,1H3. The molecule has 0 atom stereocenters. The Morgan fingerprint density at radius 1 is 0.967 bits per heavy atom. The summed E-state index contributed by atoms with van der Waals surface area (Å²) in [5.41, 5.74) is 2.16. The Labute approximate surface area is 179 Å². The molecule has 3 aromatic heterocycles. The summed E-state index contributed by atoms with van der Waals surface area (Å²) in [6.45, 7) is 2.68. The van der Waals surface area contributed by atoms with Gasteiger partial charge in [0.25, 0.3) is 5.89 Å². The van der Waals surface area contributed by atoms with E-state index in [2.05, 4.69) is 22.0 Å². The third-order valence-corrected chi connectivity index (χ3v) is 5.56. The molecule has 0 N–H and O–H groups in total. The lowest BCUT2D eigenvalue weighted by Gasteiger charge is -2.06. The highest BCUT2D eigenvalue weighted by Crippen LogP contribution is 2.24. The van der Waals surface area contributed by atoms with Crippen molar-refractivity contribution in [2.75, 3.05) is 5.75 Å². The van der Waals surface area contributed by atoms with E-state index in [1.54, 1.807) is 12.4 Å². The number of thioether (sulfide) groups is 1. The maximum absolute atomic E-state index is 5.82. The number of hydrogen-bond acceptors (Lipinski definition) is 7. The lowest BCUT2D eigenvalue weighted by molar-refractivity contribution is 0.306. The highest BCUT2D eigenvalue weighted by atomic mass is 32.2. The van der Waals surface area contributed by atoms with Crippen molar-refractivity contribution in [3.63, 3.8) is 0 Å². The molecule has 4 rings (SSSR count). The number of benzene rings is 1. The monoisotopic (exact) mass is 421 g/mol. The molecule has 4 aromatic rings. The van der Waals surface area contributed by atoms with E-state index in [9.17, 15) is 0 Å². The molecule has 0 aliphatic carbocycles. The molecule has 1 aromatic carbocycles. The van der Waals surface area contributed by atoms with Crippen LogP contribution in [0.5, 0.6) is 5.75 Å². The zero-order valence-electron chi connectivity index (χ0n) is 16.8. The third-order valence-electron chi connectivity index (χ3n) is 4.37. The largest absolute Gasteiger partial charge is 0.489 e. The molecule has 0 amide bonds. The first-order valence-corrected chi connectivity index (χ1v) is 11.1. The van der Waals surface area contributed by atoms with Crippen LogP contribution in [0.3, 0.4) is 0 Å². The number of furan rings is 1. The van der Waals surface area contributed by atoms with Crippen LogP contribution >= 0.6 is 11.8 Å². The van der Waals surface area contributed by atoms with Crippen LogP contribution in [0.15, 0.2) is 69.9 Å². The molecule has 0 radical (unpaired) electrons. The van der Waals surface area contributed by atoms with Crippen molar-refractivity contribution in [1.29, 1.82) is 0 Å². The van der Waals surface area contributed by atoms with Gasteiger partial charge >= 0.3 is 0 Å². The van der Waals surface area contributed by atoms with Crippen LogP contribution in [0.4, 0.5) is 0 Å². The van der Waals surface area contributed by atoms with Gasteiger partial charge in [-0.15, -0.1) is 0 Å². The maximum Gasteiger partial charge on any atom is 0.293 e. The molecule has 0 fully saturated rings. The molecule has 0 aliphatic rings. The molecule has 154 valence electrons. The molecule has 0 bridgehead atoms. The maximum atomic E-state index is 5.82. The van der Waals surface area contributed by atoms with Gasteiger partial charge in [-0.2, -0.15) is 16.7 Å². The molecular formula is C23H23N3O3S. The van der Waals surface area contributed by atoms with Gasteiger partial charge in [0, 0.05) is 18.8 Å². The topological polar surface area (TPSA) is 74.2 Å². The summed E-state index contributed by atoms with van der Waals surface area (Å²) >= 11 is 1.85. The van der Waals surface area contributed by atoms with E-state index in [0.717, 1.165) is 40.6 Å². The normalized spacial score (nSPS) is 11.0. The average Bonchev–Trinajstić information content (AvgIpc) is 3.44. The van der Waals surface area contributed by atoms with Gasteiger partial charge in [0.05, 0.1) is 5.75 Å². The lowest BCUT2D eigenvalue weighted by atomic mass is 10.1. The molecule has 3 heterocycles. The van der Waals surface area contributed by atoms with Crippen LogP contribution in [0.2, 0.25) is 0 Å². The molecule has 0 spiro atoms. The number of nitrogens with zero attached hydrogens (tertiary/aromatic N) is 3. The van der Waals surface area contributed by atoms with Crippen molar-refractivity contribution in [3.05, 3.63) is 83.6 Å². The van der Waals surface area contributed by atoms with Crippen molar-refractivity contribution in [3.8, 4) is 17.4 Å². The number of ether oxygens (including phenoxy) is 1. The number of pyridine rings is 1. The van der Waals surface area contributed by atoms with Crippen molar-refractivity contribution >= 4 is 11.8 Å². The minimum Gasteiger partial charge on any atom is -0.489 e. The Morgan fingerprint density at radius 2 is 1.80 bits per heavy atom. The molecule has 0 unspecified atom stereocenters. The van der Waals surface area contributed by atoms with Crippen LogP contribution in [0, 0.1) is 0 Å². The molecule has 6 nitrogen and oxygen atoms in total. The minimum absolute atomic E-state index is 0.411. The molecule has 7 heteroatoms. The van der Waals surface area contributed by atoms with Crippen molar-refractivity contribution < 1.29 is 13.7 Å². The van der Waals surface area contributed by atoms with Gasteiger partial charge in [0.1, 0.15) is 18.1 Å². The van der Waals surface area contributed by atoms with Gasteiger partial charge in [0.2, 0.25) is 0 Å². The van der Waals surface area contributed by atoms with E-state index < -0.39 is 0 Å². The summed E-state index contributed by atoms with van der Waals surface area (Å²) in [5.74, 6) is 5.35. The number of hydrogen-bond donors (Lipinski definition) is 0. The van der Waals surface area contributed by atoms with Gasteiger partial charge in [-0.1, -0.05) is 24.2 Å². The van der Waals surface area contributed by atoms with Crippen LogP contribution in [-0.4, -0.2) is 20.9 Å². The first kappa shape index (κ1) is 20.2. The summed E-state index contributed by atoms with van der Waals surface area (Å²) in [4.78, 5) is 8.48. The lowest BCUT2D eigenvalue weighted by Crippen LogP contribution is -1.96. The van der Waals surface area contributed by atoms with Gasteiger partial charge in [0.15, 0.2) is 11.6 Å². The van der Waals surface area contributed by atoms with Gasteiger partial charge in [-0.25, -0.2) is 0 Å².